The molecule has 2 rings (SSSR count). The first-order chi connectivity index (χ1) is 14.6. The Morgan fingerprint density at radius 2 is 1.90 bits per heavy atom. The van der Waals surface area contributed by atoms with Crippen LogP contribution in [0.2, 0.25) is 0 Å². The van der Waals surface area contributed by atoms with E-state index in [1.54, 1.807) is 30.6 Å². The molecule has 0 bridgehead atoms. The number of allylic oxidation sites excluding steroid dienone is 1. The molecule has 0 spiro atoms. The number of nitrogens with zero attached hydrogens (tertiary/aromatic N) is 2. The van der Waals surface area contributed by atoms with Crippen molar-refractivity contribution in [2.24, 2.45) is 0 Å². The van der Waals surface area contributed by atoms with E-state index in [-0.39, 0.29) is 11.9 Å². The molecule has 1 amide bonds. The molecule has 0 aliphatic rings. The molecule has 4 nitrogen and oxygen atoms in total. The second kappa shape index (κ2) is 11.9. The molecule has 2 aromatic rings. The van der Waals surface area contributed by atoms with Gasteiger partial charge in [0.05, 0.1) is 5.69 Å². The Morgan fingerprint density at radius 1 is 1.10 bits per heavy atom. The molecule has 0 saturated carbocycles. The van der Waals surface area contributed by atoms with Crippen LogP contribution in [0.25, 0.3) is 29.4 Å². The van der Waals surface area contributed by atoms with E-state index in [2.05, 4.69) is 28.4 Å². The summed E-state index contributed by atoms with van der Waals surface area (Å²) >= 11 is 0. The topological polar surface area (TPSA) is 54.9 Å². The average Bonchev–Trinajstić information content (AvgIpc) is 2.75. The summed E-state index contributed by atoms with van der Waals surface area (Å²) in [5.41, 5.74) is 4.47. The average molecular weight is 398 g/mol. The highest BCUT2D eigenvalue weighted by Gasteiger charge is 2.02. The first-order valence-electron chi connectivity index (χ1n) is 9.72. The summed E-state index contributed by atoms with van der Waals surface area (Å²) in [6.07, 6.45) is 15.8. The fraction of sp³-hybridized carbons (Fsp3) is 0.115. The Kier molecular flexibility index (Phi) is 8.94. The number of hydrogen-bond acceptors (Lipinski definition) is 3. The van der Waals surface area contributed by atoms with Crippen molar-refractivity contribution in [3.05, 3.63) is 103 Å². The Bertz CT molecular complexity index is 1020. The largest absolute Gasteiger partial charge is 0.347 e. The third kappa shape index (κ3) is 6.99. The minimum atomic E-state index is -0.155. The summed E-state index contributed by atoms with van der Waals surface area (Å²) in [5, 5.41) is 2.87. The molecular formula is C26H27N3O. The molecule has 2 aromatic heterocycles. The Labute approximate surface area is 178 Å². The van der Waals surface area contributed by atoms with Gasteiger partial charge >= 0.3 is 0 Å². The van der Waals surface area contributed by atoms with Gasteiger partial charge in [0, 0.05) is 41.8 Å². The van der Waals surface area contributed by atoms with E-state index in [1.807, 2.05) is 68.6 Å². The minimum Gasteiger partial charge on any atom is -0.347 e. The lowest BCUT2D eigenvalue weighted by Crippen LogP contribution is -2.29. The van der Waals surface area contributed by atoms with Gasteiger partial charge in [-0.15, -0.1) is 0 Å². The van der Waals surface area contributed by atoms with Gasteiger partial charge in [-0.3, -0.25) is 14.8 Å². The molecule has 0 saturated heterocycles. The van der Waals surface area contributed by atoms with Crippen molar-refractivity contribution >= 4 is 24.1 Å². The van der Waals surface area contributed by atoms with Gasteiger partial charge in [-0.05, 0) is 49.3 Å². The lowest BCUT2D eigenvalue weighted by molar-refractivity contribution is -0.116. The molecule has 1 unspecified atom stereocenters. The highest BCUT2D eigenvalue weighted by Crippen LogP contribution is 2.21. The predicted molar refractivity (Wildman–Crippen MR) is 127 cm³/mol. The van der Waals surface area contributed by atoms with E-state index in [9.17, 15) is 4.79 Å². The van der Waals surface area contributed by atoms with Gasteiger partial charge in [-0.2, -0.15) is 0 Å². The van der Waals surface area contributed by atoms with Crippen molar-refractivity contribution < 1.29 is 4.79 Å². The normalized spacial score (nSPS) is 11.7. The van der Waals surface area contributed by atoms with Crippen molar-refractivity contribution in [2.75, 3.05) is 0 Å². The van der Waals surface area contributed by atoms with Crippen LogP contribution in [0.1, 0.15) is 30.7 Å². The molecule has 4 heteroatoms. The van der Waals surface area contributed by atoms with Gasteiger partial charge in [0.15, 0.2) is 0 Å². The summed E-state index contributed by atoms with van der Waals surface area (Å²) in [4.78, 5) is 20.8. The molecule has 0 aliphatic carbocycles. The lowest BCUT2D eigenvalue weighted by Gasteiger charge is -2.06. The standard InChI is InChI=1S/C26H27N3O/c1-5-10-20(4)29-26(30)15-14-21-11-8-12-23(13-9-16-27-18-21)24-17-22(6-2)25(7-3)28-19-24/h5-20H,2-3H2,1,4H3,(H,29,30)/b10-5-,11-8?,12-8?,13-9?,15-14-,16-9?,21-11?,21-18?,23-12?,23-13?,27-16?,27-18?. The smallest absolute Gasteiger partial charge is 0.244 e. The van der Waals surface area contributed by atoms with Crippen LogP contribution in [0.3, 0.4) is 0 Å². The molecule has 152 valence electrons. The number of rotatable bonds is 7. The van der Waals surface area contributed by atoms with Gasteiger partial charge < -0.3 is 5.32 Å². The fourth-order valence-electron chi connectivity index (χ4n) is 2.74. The lowest BCUT2D eigenvalue weighted by atomic mass is 10.0. The predicted octanol–water partition coefficient (Wildman–Crippen LogP) is 5.65. The molecule has 0 fully saturated rings. The molecule has 1 atom stereocenters. The molecule has 30 heavy (non-hydrogen) atoms. The van der Waals surface area contributed by atoms with Crippen molar-refractivity contribution in [1.29, 1.82) is 0 Å². The quantitative estimate of drug-likeness (QED) is 0.485. The second-order valence-electron chi connectivity index (χ2n) is 6.53. The summed E-state index contributed by atoms with van der Waals surface area (Å²) in [6, 6.07) is 11.6. The number of aromatic nitrogens is 2. The van der Waals surface area contributed by atoms with Gasteiger partial charge in [-0.25, -0.2) is 0 Å². The van der Waals surface area contributed by atoms with Crippen LogP contribution in [0, 0.1) is 0 Å². The SMILES string of the molecule is C=Cc1cc(-c2cccncc(/C=C\C(=O)NC(C)/C=C\C)ccc2)cnc1C=C. The number of amides is 1. The summed E-state index contributed by atoms with van der Waals surface area (Å²) < 4.78 is 0. The van der Waals surface area contributed by atoms with E-state index in [0.717, 1.165) is 27.9 Å². The molecule has 1 N–H and O–H groups in total. The van der Waals surface area contributed by atoms with Gasteiger partial charge in [0.1, 0.15) is 0 Å². The Hall–Kier alpha value is -3.79. The highest BCUT2D eigenvalue weighted by molar-refractivity contribution is 5.91. The van der Waals surface area contributed by atoms with Crippen molar-refractivity contribution in [2.45, 2.75) is 19.9 Å². The first kappa shape index (κ1) is 22.5. The van der Waals surface area contributed by atoms with Crippen LogP contribution in [0.5, 0.6) is 0 Å². The van der Waals surface area contributed by atoms with Crippen molar-refractivity contribution in [3.8, 4) is 11.1 Å². The van der Waals surface area contributed by atoms with E-state index >= 15 is 0 Å². The minimum absolute atomic E-state index is 0.0177. The van der Waals surface area contributed by atoms with Crippen LogP contribution < -0.4 is 5.32 Å². The number of hydrogen-bond donors (Lipinski definition) is 1. The zero-order valence-electron chi connectivity index (χ0n) is 17.5. The fourth-order valence-corrected chi connectivity index (χ4v) is 2.74. The van der Waals surface area contributed by atoms with Crippen molar-refractivity contribution in [1.82, 2.24) is 15.3 Å². The van der Waals surface area contributed by atoms with Crippen LogP contribution in [0.15, 0.2) is 86.4 Å². The number of nitrogens with one attached hydrogen (secondary N) is 1. The first-order valence-corrected chi connectivity index (χ1v) is 9.72. The monoisotopic (exact) mass is 397 g/mol. The third-order valence-electron chi connectivity index (χ3n) is 4.21. The summed E-state index contributed by atoms with van der Waals surface area (Å²) in [7, 11) is 0. The van der Waals surface area contributed by atoms with Gasteiger partial charge in [0.2, 0.25) is 5.91 Å². The zero-order chi connectivity index (χ0) is 21.8. The second-order valence-corrected chi connectivity index (χ2v) is 6.53. The summed E-state index contributed by atoms with van der Waals surface area (Å²) in [5.74, 6) is -0.155. The number of carbonyl (C=O) groups is 1. The maximum atomic E-state index is 12.0. The van der Waals surface area contributed by atoms with E-state index in [1.165, 1.54) is 6.08 Å². The number of pyridine rings is 1. The molecule has 0 aliphatic heterocycles. The molecule has 2 heterocycles. The zero-order valence-corrected chi connectivity index (χ0v) is 17.5. The maximum Gasteiger partial charge on any atom is 0.244 e. The van der Waals surface area contributed by atoms with Crippen LogP contribution in [-0.2, 0) is 4.79 Å². The van der Waals surface area contributed by atoms with Crippen LogP contribution in [0.4, 0.5) is 0 Å². The molecule has 0 aromatic carbocycles. The van der Waals surface area contributed by atoms with E-state index < -0.39 is 0 Å². The summed E-state index contributed by atoms with van der Waals surface area (Å²) in [6.45, 7) is 11.5. The van der Waals surface area contributed by atoms with E-state index in [0.29, 0.717) is 0 Å². The number of carbonyl (C=O) groups excluding carboxylic acids is 1. The Morgan fingerprint density at radius 3 is 2.63 bits per heavy atom. The van der Waals surface area contributed by atoms with Crippen LogP contribution >= 0.6 is 0 Å². The third-order valence-corrected chi connectivity index (χ3v) is 4.21. The van der Waals surface area contributed by atoms with E-state index in [4.69, 9.17) is 0 Å². The van der Waals surface area contributed by atoms with Gasteiger partial charge in [0.25, 0.3) is 0 Å². The highest BCUT2D eigenvalue weighted by atomic mass is 16.1. The maximum absolute atomic E-state index is 12.0. The van der Waals surface area contributed by atoms with Crippen molar-refractivity contribution in [3.63, 3.8) is 0 Å². The molecule has 0 radical (unpaired) electrons. The van der Waals surface area contributed by atoms with Crippen LogP contribution in [-0.4, -0.2) is 21.9 Å². The van der Waals surface area contributed by atoms with Gasteiger partial charge in [-0.1, -0.05) is 55.7 Å². The molecular weight excluding hydrogens is 370 g/mol. The Balaban J connectivity index is 2.31.